The van der Waals surface area contributed by atoms with Crippen molar-refractivity contribution in [3.8, 4) is 5.75 Å². The molecule has 0 radical (unpaired) electrons. The van der Waals surface area contributed by atoms with E-state index in [0.717, 1.165) is 0 Å². The fourth-order valence-corrected chi connectivity index (χ4v) is 1.48. The Hall–Kier alpha value is -0.740. The summed E-state index contributed by atoms with van der Waals surface area (Å²) in [4.78, 5) is 3.97. The van der Waals surface area contributed by atoms with Gasteiger partial charge >= 0.3 is 0 Å². The number of rotatable bonds is 3. The zero-order chi connectivity index (χ0) is 8.97. The first kappa shape index (κ1) is 9.35. The SMILES string of the molecule is CCOc1cccnc1[S+](C)[O-]. The van der Waals surface area contributed by atoms with Gasteiger partial charge in [0, 0.05) is 17.4 Å². The summed E-state index contributed by atoms with van der Waals surface area (Å²) < 4.78 is 16.4. The molecule has 1 heterocycles. The van der Waals surface area contributed by atoms with Gasteiger partial charge in [-0.15, -0.1) is 0 Å². The van der Waals surface area contributed by atoms with Gasteiger partial charge in [0.15, 0.2) is 5.75 Å². The highest BCUT2D eigenvalue weighted by Crippen LogP contribution is 2.19. The molecule has 0 aliphatic heterocycles. The first-order valence-corrected chi connectivity index (χ1v) is 5.22. The molecule has 0 aliphatic rings. The Morgan fingerprint density at radius 2 is 2.42 bits per heavy atom. The van der Waals surface area contributed by atoms with Crippen LogP contribution in [0, 0.1) is 0 Å². The van der Waals surface area contributed by atoms with E-state index in [9.17, 15) is 4.55 Å². The Balaban J connectivity index is 2.92. The van der Waals surface area contributed by atoms with Crippen LogP contribution in [-0.2, 0) is 11.2 Å². The molecule has 1 atom stereocenters. The summed E-state index contributed by atoms with van der Waals surface area (Å²) >= 11 is -1.08. The Kier molecular flexibility index (Phi) is 3.37. The molecule has 1 unspecified atom stereocenters. The molecule has 3 nitrogen and oxygen atoms in total. The van der Waals surface area contributed by atoms with Gasteiger partial charge in [0.05, 0.1) is 6.61 Å². The maximum absolute atomic E-state index is 11.1. The highest BCUT2D eigenvalue weighted by Gasteiger charge is 2.12. The molecule has 0 saturated heterocycles. The van der Waals surface area contributed by atoms with Crippen LogP contribution in [-0.4, -0.2) is 22.4 Å². The Morgan fingerprint density at radius 3 is 3.00 bits per heavy atom. The monoisotopic (exact) mass is 185 g/mol. The minimum absolute atomic E-state index is 0.513. The number of hydrogen-bond acceptors (Lipinski definition) is 3. The van der Waals surface area contributed by atoms with Crippen molar-refractivity contribution in [3.63, 3.8) is 0 Å². The quantitative estimate of drug-likeness (QED) is 0.665. The van der Waals surface area contributed by atoms with Gasteiger partial charge in [0.1, 0.15) is 6.26 Å². The van der Waals surface area contributed by atoms with Crippen molar-refractivity contribution in [1.29, 1.82) is 0 Å². The van der Waals surface area contributed by atoms with E-state index >= 15 is 0 Å². The number of nitrogens with zero attached hydrogens (tertiary/aromatic N) is 1. The van der Waals surface area contributed by atoms with Gasteiger partial charge in [0.25, 0.3) is 5.03 Å². The second-order valence-corrected chi connectivity index (χ2v) is 3.49. The van der Waals surface area contributed by atoms with Crippen LogP contribution in [0.15, 0.2) is 23.4 Å². The fraction of sp³-hybridized carbons (Fsp3) is 0.375. The van der Waals surface area contributed by atoms with Gasteiger partial charge in [0.2, 0.25) is 0 Å². The summed E-state index contributed by atoms with van der Waals surface area (Å²) in [6.45, 7) is 2.45. The zero-order valence-corrected chi connectivity index (χ0v) is 7.93. The Labute approximate surface area is 75.0 Å². The van der Waals surface area contributed by atoms with Gasteiger partial charge < -0.3 is 9.29 Å². The van der Waals surface area contributed by atoms with Gasteiger partial charge in [-0.3, -0.25) is 0 Å². The summed E-state index contributed by atoms with van der Waals surface area (Å²) in [7, 11) is 0. The summed E-state index contributed by atoms with van der Waals surface area (Å²) in [5.41, 5.74) is 0. The lowest BCUT2D eigenvalue weighted by Crippen LogP contribution is -2.04. The summed E-state index contributed by atoms with van der Waals surface area (Å²) in [5.74, 6) is 0.612. The second-order valence-electron chi connectivity index (χ2n) is 2.19. The Bertz CT molecular complexity index is 253. The molecular formula is C8H11NO2S. The van der Waals surface area contributed by atoms with Crippen molar-refractivity contribution >= 4 is 11.2 Å². The molecule has 0 fully saturated rings. The summed E-state index contributed by atoms with van der Waals surface area (Å²) in [5, 5.41) is 0.513. The lowest BCUT2D eigenvalue weighted by molar-refractivity contribution is 0.328. The normalized spacial score (nSPS) is 12.6. The molecule has 0 bridgehead atoms. The van der Waals surface area contributed by atoms with Crippen molar-refractivity contribution in [2.75, 3.05) is 12.9 Å². The Morgan fingerprint density at radius 1 is 1.67 bits per heavy atom. The van der Waals surface area contributed by atoms with E-state index in [1.165, 1.54) is 0 Å². The van der Waals surface area contributed by atoms with E-state index in [1.54, 1.807) is 24.6 Å². The minimum atomic E-state index is -1.08. The van der Waals surface area contributed by atoms with Crippen LogP contribution in [0.5, 0.6) is 5.75 Å². The molecule has 0 aromatic carbocycles. The molecule has 12 heavy (non-hydrogen) atoms. The van der Waals surface area contributed by atoms with Gasteiger partial charge in [-0.25, -0.2) is 4.98 Å². The standard InChI is InChI=1S/C8H11NO2S/c1-3-11-7-5-4-6-9-8(7)12(2)10/h4-6H,3H2,1-2H3. The maximum Gasteiger partial charge on any atom is 0.286 e. The van der Waals surface area contributed by atoms with E-state index in [0.29, 0.717) is 17.4 Å². The smallest absolute Gasteiger partial charge is 0.286 e. The zero-order valence-electron chi connectivity index (χ0n) is 7.11. The van der Waals surface area contributed by atoms with Crippen molar-refractivity contribution in [3.05, 3.63) is 18.3 Å². The second kappa shape index (κ2) is 4.33. The molecule has 0 N–H and O–H groups in total. The largest absolute Gasteiger partial charge is 0.610 e. The summed E-state index contributed by atoms with van der Waals surface area (Å²) in [6, 6.07) is 3.54. The molecular weight excluding hydrogens is 174 g/mol. The number of aromatic nitrogens is 1. The van der Waals surface area contributed by atoms with Crippen molar-refractivity contribution in [2.45, 2.75) is 11.9 Å². The fourth-order valence-electron chi connectivity index (χ4n) is 0.857. The predicted octanol–water partition coefficient (Wildman–Crippen LogP) is 1.22. The number of ether oxygens (including phenoxy) is 1. The third kappa shape index (κ3) is 2.12. The van der Waals surface area contributed by atoms with E-state index in [-0.39, 0.29) is 0 Å². The third-order valence-electron chi connectivity index (χ3n) is 1.31. The van der Waals surface area contributed by atoms with Gasteiger partial charge in [-0.1, -0.05) is 0 Å². The minimum Gasteiger partial charge on any atom is -0.610 e. The first-order chi connectivity index (χ1) is 5.75. The van der Waals surface area contributed by atoms with Crippen LogP contribution in [0.3, 0.4) is 0 Å². The topological polar surface area (TPSA) is 45.2 Å². The molecule has 1 aromatic heterocycles. The number of pyridine rings is 1. The molecule has 0 spiro atoms. The van der Waals surface area contributed by atoms with Gasteiger partial charge in [-0.2, -0.15) is 0 Å². The van der Waals surface area contributed by atoms with E-state index < -0.39 is 11.2 Å². The molecule has 1 rings (SSSR count). The maximum atomic E-state index is 11.1. The lowest BCUT2D eigenvalue weighted by atomic mass is 10.5. The van der Waals surface area contributed by atoms with E-state index in [1.807, 2.05) is 6.92 Å². The molecule has 0 saturated carbocycles. The van der Waals surface area contributed by atoms with Crippen molar-refractivity contribution in [2.24, 2.45) is 0 Å². The molecule has 1 aromatic rings. The van der Waals surface area contributed by atoms with Crippen LogP contribution >= 0.6 is 0 Å². The molecule has 0 amide bonds. The van der Waals surface area contributed by atoms with Crippen LogP contribution < -0.4 is 4.74 Å². The van der Waals surface area contributed by atoms with Crippen LogP contribution in [0.1, 0.15) is 6.92 Å². The van der Waals surface area contributed by atoms with Crippen molar-refractivity contribution < 1.29 is 9.29 Å². The highest BCUT2D eigenvalue weighted by atomic mass is 32.2. The van der Waals surface area contributed by atoms with Crippen LogP contribution in [0.4, 0.5) is 0 Å². The summed E-state index contributed by atoms with van der Waals surface area (Å²) in [6.07, 6.45) is 3.20. The molecule has 66 valence electrons. The van der Waals surface area contributed by atoms with Crippen molar-refractivity contribution in [1.82, 2.24) is 4.98 Å². The first-order valence-electron chi connectivity index (χ1n) is 3.67. The van der Waals surface area contributed by atoms with Crippen LogP contribution in [0.25, 0.3) is 0 Å². The average molecular weight is 185 g/mol. The average Bonchev–Trinajstić information content (AvgIpc) is 2.05. The predicted molar refractivity (Wildman–Crippen MR) is 47.7 cm³/mol. The molecule has 4 heteroatoms. The third-order valence-corrected chi connectivity index (χ3v) is 2.16. The van der Waals surface area contributed by atoms with Crippen LogP contribution in [0.2, 0.25) is 0 Å². The molecule has 0 aliphatic carbocycles. The lowest BCUT2D eigenvalue weighted by Gasteiger charge is -2.08. The van der Waals surface area contributed by atoms with E-state index in [2.05, 4.69) is 4.98 Å². The van der Waals surface area contributed by atoms with E-state index in [4.69, 9.17) is 4.74 Å². The highest BCUT2D eigenvalue weighted by molar-refractivity contribution is 7.90. The number of hydrogen-bond donors (Lipinski definition) is 0. The van der Waals surface area contributed by atoms with Gasteiger partial charge in [-0.05, 0) is 19.1 Å².